The molecule has 1 saturated heterocycles. The highest BCUT2D eigenvalue weighted by Crippen LogP contribution is 2.26. The van der Waals surface area contributed by atoms with Gasteiger partial charge in [-0.2, -0.15) is 0 Å². The number of rotatable bonds is 3. The third kappa shape index (κ3) is 4.15. The Labute approximate surface area is 138 Å². The maximum absolute atomic E-state index is 12.8. The summed E-state index contributed by atoms with van der Waals surface area (Å²) in [6, 6.07) is 6.29. The normalized spacial score (nSPS) is 21.8. The highest BCUT2D eigenvalue weighted by Gasteiger charge is 2.30. The SMILES string of the molecule is CSc1ccc(C)c(C(=O)N2CCC(C)CC2CN)c1.Cl. The first-order chi connectivity index (χ1) is 9.56. The van der Waals surface area contributed by atoms with E-state index in [9.17, 15) is 4.79 Å². The van der Waals surface area contributed by atoms with E-state index in [1.54, 1.807) is 11.8 Å². The second-order valence-corrected chi connectivity index (χ2v) is 6.58. The van der Waals surface area contributed by atoms with Gasteiger partial charge in [-0.15, -0.1) is 24.2 Å². The average Bonchev–Trinajstić information content (AvgIpc) is 2.47. The lowest BCUT2D eigenvalue weighted by Gasteiger charge is -2.38. The maximum atomic E-state index is 12.8. The zero-order valence-corrected chi connectivity index (χ0v) is 14.6. The van der Waals surface area contributed by atoms with Crippen LogP contribution in [0.25, 0.3) is 0 Å². The van der Waals surface area contributed by atoms with E-state index >= 15 is 0 Å². The number of amides is 1. The molecule has 1 aliphatic rings. The number of nitrogens with zero attached hydrogens (tertiary/aromatic N) is 1. The first kappa shape index (κ1) is 18.3. The van der Waals surface area contributed by atoms with E-state index < -0.39 is 0 Å². The summed E-state index contributed by atoms with van der Waals surface area (Å²) in [7, 11) is 0. The first-order valence-electron chi connectivity index (χ1n) is 7.22. The van der Waals surface area contributed by atoms with E-state index in [4.69, 9.17) is 5.73 Å². The number of carbonyl (C=O) groups excluding carboxylic acids is 1. The standard InChI is InChI=1S/C16H24N2OS.ClH/c1-11-6-7-18(13(8-11)10-17)16(19)15-9-14(20-3)5-4-12(15)2;/h4-5,9,11,13H,6-8,10,17H2,1-3H3;1H. The molecule has 1 fully saturated rings. The van der Waals surface area contributed by atoms with Gasteiger partial charge >= 0.3 is 0 Å². The summed E-state index contributed by atoms with van der Waals surface area (Å²) >= 11 is 1.67. The minimum absolute atomic E-state index is 0. The largest absolute Gasteiger partial charge is 0.334 e. The van der Waals surface area contributed by atoms with E-state index in [0.29, 0.717) is 12.5 Å². The Hall–Kier alpha value is -0.710. The third-order valence-corrected chi connectivity index (χ3v) is 4.91. The highest BCUT2D eigenvalue weighted by molar-refractivity contribution is 7.98. The molecular weight excluding hydrogens is 304 g/mol. The fraction of sp³-hybridized carbons (Fsp3) is 0.562. The van der Waals surface area contributed by atoms with E-state index in [0.717, 1.165) is 35.4 Å². The van der Waals surface area contributed by atoms with Gasteiger partial charge in [0.05, 0.1) is 0 Å². The van der Waals surface area contributed by atoms with E-state index in [1.807, 2.05) is 30.2 Å². The predicted octanol–water partition coefficient (Wildman–Crippen LogP) is 3.34. The van der Waals surface area contributed by atoms with Gasteiger partial charge < -0.3 is 10.6 Å². The van der Waals surface area contributed by atoms with Crippen molar-refractivity contribution in [2.75, 3.05) is 19.3 Å². The summed E-state index contributed by atoms with van der Waals surface area (Å²) < 4.78 is 0. The van der Waals surface area contributed by atoms with Crippen molar-refractivity contribution in [1.29, 1.82) is 0 Å². The molecule has 0 saturated carbocycles. The van der Waals surface area contributed by atoms with Crippen molar-refractivity contribution in [2.45, 2.75) is 37.6 Å². The lowest BCUT2D eigenvalue weighted by Crippen LogP contribution is -2.49. The quantitative estimate of drug-likeness (QED) is 0.866. The van der Waals surface area contributed by atoms with Crippen molar-refractivity contribution in [3.8, 4) is 0 Å². The second-order valence-electron chi connectivity index (χ2n) is 5.70. The molecule has 1 aromatic carbocycles. The summed E-state index contributed by atoms with van der Waals surface area (Å²) in [4.78, 5) is 15.9. The molecule has 2 unspecified atom stereocenters. The summed E-state index contributed by atoms with van der Waals surface area (Å²) in [6.45, 7) is 5.62. The molecule has 0 aromatic heterocycles. The molecular formula is C16H25ClN2OS. The fourth-order valence-electron chi connectivity index (χ4n) is 2.86. The van der Waals surface area contributed by atoms with Crippen LogP contribution in [0.5, 0.6) is 0 Å². The number of nitrogens with two attached hydrogens (primary N) is 1. The molecule has 0 bridgehead atoms. The Kier molecular flexibility index (Phi) is 7.04. The molecule has 1 aliphatic heterocycles. The molecule has 3 nitrogen and oxygen atoms in total. The zero-order chi connectivity index (χ0) is 14.7. The molecule has 0 radical (unpaired) electrons. The number of piperidine rings is 1. The number of aryl methyl sites for hydroxylation is 1. The number of hydrogen-bond acceptors (Lipinski definition) is 3. The molecule has 2 rings (SSSR count). The Bertz CT molecular complexity index is 495. The van der Waals surface area contributed by atoms with Crippen molar-refractivity contribution in [1.82, 2.24) is 4.90 Å². The molecule has 2 N–H and O–H groups in total. The molecule has 0 aliphatic carbocycles. The summed E-state index contributed by atoms with van der Waals surface area (Å²) in [5.74, 6) is 0.798. The summed E-state index contributed by atoms with van der Waals surface area (Å²) in [5.41, 5.74) is 7.74. The lowest BCUT2D eigenvalue weighted by molar-refractivity contribution is 0.0572. The molecule has 1 aromatic rings. The highest BCUT2D eigenvalue weighted by atomic mass is 35.5. The van der Waals surface area contributed by atoms with Gasteiger partial charge in [0.2, 0.25) is 0 Å². The van der Waals surface area contributed by atoms with Gasteiger partial charge in [-0.1, -0.05) is 13.0 Å². The van der Waals surface area contributed by atoms with E-state index in [1.165, 1.54) is 0 Å². The van der Waals surface area contributed by atoms with Crippen molar-refractivity contribution in [3.05, 3.63) is 29.3 Å². The molecule has 0 spiro atoms. The van der Waals surface area contributed by atoms with Crippen molar-refractivity contribution in [2.24, 2.45) is 11.7 Å². The molecule has 118 valence electrons. The van der Waals surface area contributed by atoms with Crippen LogP contribution in [0.3, 0.4) is 0 Å². The van der Waals surface area contributed by atoms with Gasteiger partial charge in [0.15, 0.2) is 0 Å². The number of benzene rings is 1. The molecule has 2 atom stereocenters. The van der Waals surface area contributed by atoms with Gasteiger partial charge in [0.1, 0.15) is 0 Å². The first-order valence-corrected chi connectivity index (χ1v) is 8.45. The topological polar surface area (TPSA) is 46.3 Å². The molecule has 21 heavy (non-hydrogen) atoms. The number of thioether (sulfide) groups is 1. The summed E-state index contributed by atoms with van der Waals surface area (Å²) in [6.07, 6.45) is 4.12. The van der Waals surface area contributed by atoms with E-state index in [-0.39, 0.29) is 24.4 Å². The number of hydrogen-bond donors (Lipinski definition) is 1. The van der Waals surface area contributed by atoms with Gasteiger partial charge in [0.25, 0.3) is 5.91 Å². The zero-order valence-electron chi connectivity index (χ0n) is 13.0. The van der Waals surface area contributed by atoms with Crippen LogP contribution in [0.15, 0.2) is 23.1 Å². The lowest BCUT2D eigenvalue weighted by atomic mass is 9.91. The third-order valence-electron chi connectivity index (χ3n) is 4.19. The maximum Gasteiger partial charge on any atom is 0.254 e. The van der Waals surface area contributed by atoms with Crippen LogP contribution in [0.2, 0.25) is 0 Å². The number of likely N-dealkylation sites (tertiary alicyclic amines) is 1. The van der Waals surface area contributed by atoms with Crippen LogP contribution in [0, 0.1) is 12.8 Å². The van der Waals surface area contributed by atoms with Crippen molar-refractivity contribution >= 4 is 30.1 Å². The van der Waals surface area contributed by atoms with Crippen LogP contribution in [-0.2, 0) is 0 Å². The smallest absolute Gasteiger partial charge is 0.254 e. The van der Waals surface area contributed by atoms with Crippen LogP contribution < -0.4 is 5.73 Å². The van der Waals surface area contributed by atoms with Gasteiger partial charge in [-0.05, 0) is 49.6 Å². The Morgan fingerprint density at radius 2 is 2.19 bits per heavy atom. The van der Waals surface area contributed by atoms with E-state index in [2.05, 4.69) is 13.0 Å². The minimum Gasteiger partial charge on any atom is -0.334 e. The number of halogens is 1. The summed E-state index contributed by atoms with van der Waals surface area (Å²) in [5, 5.41) is 0. The Morgan fingerprint density at radius 3 is 2.81 bits per heavy atom. The van der Waals surface area contributed by atoms with Gasteiger partial charge in [0, 0.05) is 29.6 Å². The van der Waals surface area contributed by atoms with Crippen molar-refractivity contribution in [3.63, 3.8) is 0 Å². The monoisotopic (exact) mass is 328 g/mol. The van der Waals surface area contributed by atoms with Crippen LogP contribution in [0.1, 0.15) is 35.7 Å². The van der Waals surface area contributed by atoms with Gasteiger partial charge in [-0.3, -0.25) is 4.79 Å². The van der Waals surface area contributed by atoms with Crippen molar-refractivity contribution < 1.29 is 4.79 Å². The Morgan fingerprint density at radius 1 is 1.48 bits per heavy atom. The number of carbonyl (C=O) groups is 1. The molecule has 1 amide bonds. The fourth-order valence-corrected chi connectivity index (χ4v) is 3.30. The van der Waals surface area contributed by atoms with Crippen LogP contribution >= 0.6 is 24.2 Å². The molecule has 5 heteroatoms. The second kappa shape index (κ2) is 8.06. The van der Waals surface area contributed by atoms with Gasteiger partial charge in [-0.25, -0.2) is 0 Å². The van der Waals surface area contributed by atoms with Crippen LogP contribution in [-0.4, -0.2) is 36.2 Å². The predicted molar refractivity (Wildman–Crippen MR) is 92.5 cm³/mol. The average molecular weight is 329 g/mol. The van der Waals surface area contributed by atoms with Crippen LogP contribution in [0.4, 0.5) is 0 Å². The minimum atomic E-state index is 0. The Balaban J connectivity index is 0.00000220. The molecule has 1 heterocycles.